The molecule has 7 heteroatoms. The zero-order valence-corrected chi connectivity index (χ0v) is 7.79. The highest BCUT2D eigenvalue weighted by atomic mass is 35.5. The van der Waals surface area contributed by atoms with Gasteiger partial charge in [0.05, 0.1) is 16.1 Å². The molecule has 0 heterocycles. The predicted octanol–water partition coefficient (Wildman–Crippen LogP) is 2.60. The Bertz CT molecular complexity index is 416. The summed E-state index contributed by atoms with van der Waals surface area (Å²) in [6.07, 6.45) is -4.77. The molecule has 0 saturated heterocycles. The van der Waals surface area contributed by atoms with Gasteiger partial charge in [0.1, 0.15) is 5.82 Å². The van der Waals surface area contributed by atoms with Crippen LogP contribution in [0.5, 0.6) is 0 Å². The molecule has 0 aliphatic rings. The van der Waals surface area contributed by atoms with E-state index in [1.165, 1.54) is 0 Å². The number of halogens is 5. The first-order valence-corrected chi connectivity index (χ1v) is 3.97. The molecule has 0 radical (unpaired) electrons. The molecule has 0 aliphatic heterocycles. The molecule has 0 aliphatic carbocycles. The van der Waals surface area contributed by atoms with E-state index in [1.54, 1.807) is 0 Å². The van der Waals surface area contributed by atoms with Gasteiger partial charge in [0.15, 0.2) is 0 Å². The SMILES string of the molecule is NC(=O)c1cc(Cl)c(C(F)(F)F)cc1F. The second kappa shape index (κ2) is 3.69. The second-order valence-electron chi connectivity index (χ2n) is 2.67. The normalized spacial score (nSPS) is 11.5. The monoisotopic (exact) mass is 241 g/mol. The lowest BCUT2D eigenvalue weighted by molar-refractivity contribution is -0.137. The molecule has 0 aromatic heterocycles. The number of primary amides is 1. The van der Waals surface area contributed by atoms with Crippen LogP contribution in [0.25, 0.3) is 0 Å². The van der Waals surface area contributed by atoms with Crippen molar-refractivity contribution in [3.63, 3.8) is 0 Å². The van der Waals surface area contributed by atoms with Crippen molar-refractivity contribution in [1.29, 1.82) is 0 Å². The minimum atomic E-state index is -4.77. The zero-order valence-electron chi connectivity index (χ0n) is 7.03. The van der Waals surface area contributed by atoms with E-state index in [2.05, 4.69) is 0 Å². The number of rotatable bonds is 1. The summed E-state index contributed by atoms with van der Waals surface area (Å²) in [5.41, 5.74) is 2.71. The van der Waals surface area contributed by atoms with Crippen molar-refractivity contribution in [1.82, 2.24) is 0 Å². The Labute approximate surface area is 86.6 Å². The van der Waals surface area contributed by atoms with Crippen molar-refractivity contribution >= 4 is 17.5 Å². The maximum Gasteiger partial charge on any atom is 0.417 e. The first kappa shape index (κ1) is 11.8. The molecule has 1 aromatic rings. The average Bonchev–Trinajstić information content (AvgIpc) is 2.06. The molecule has 1 aromatic carbocycles. The van der Waals surface area contributed by atoms with Crippen LogP contribution in [0, 0.1) is 5.82 Å². The fourth-order valence-corrected chi connectivity index (χ4v) is 1.22. The molecule has 2 N–H and O–H groups in total. The van der Waals surface area contributed by atoms with Crippen LogP contribution in [-0.4, -0.2) is 5.91 Å². The predicted molar refractivity (Wildman–Crippen MR) is 44.9 cm³/mol. The largest absolute Gasteiger partial charge is 0.417 e. The van der Waals surface area contributed by atoms with Crippen molar-refractivity contribution < 1.29 is 22.4 Å². The van der Waals surface area contributed by atoms with Gasteiger partial charge in [0.2, 0.25) is 0 Å². The van der Waals surface area contributed by atoms with Gasteiger partial charge in [-0.05, 0) is 12.1 Å². The summed E-state index contributed by atoms with van der Waals surface area (Å²) >= 11 is 5.24. The zero-order chi connectivity index (χ0) is 11.8. The van der Waals surface area contributed by atoms with Gasteiger partial charge in [-0.15, -0.1) is 0 Å². The average molecular weight is 242 g/mol. The number of nitrogens with two attached hydrogens (primary N) is 1. The van der Waals surface area contributed by atoms with Gasteiger partial charge >= 0.3 is 6.18 Å². The highest BCUT2D eigenvalue weighted by Gasteiger charge is 2.34. The Kier molecular flexibility index (Phi) is 2.90. The van der Waals surface area contributed by atoms with Crippen molar-refractivity contribution in [3.05, 3.63) is 34.1 Å². The Balaban J connectivity index is 3.39. The lowest BCUT2D eigenvalue weighted by atomic mass is 10.1. The smallest absolute Gasteiger partial charge is 0.366 e. The molecule has 0 saturated carbocycles. The van der Waals surface area contributed by atoms with Crippen LogP contribution in [0.1, 0.15) is 15.9 Å². The maximum atomic E-state index is 13.0. The first-order chi connectivity index (χ1) is 6.73. The number of amides is 1. The Morgan fingerprint density at radius 3 is 2.27 bits per heavy atom. The third-order valence-electron chi connectivity index (χ3n) is 1.63. The number of carbonyl (C=O) groups excluding carboxylic acids is 1. The van der Waals surface area contributed by atoms with E-state index < -0.39 is 34.1 Å². The van der Waals surface area contributed by atoms with E-state index in [-0.39, 0.29) is 6.07 Å². The molecule has 1 amide bonds. The van der Waals surface area contributed by atoms with Crippen LogP contribution in [0.3, 0.4) is 0 Å². The van der Waals surface area contributed by atoms with E-state index >= 15 is 0 Å². The molecular weight excluding hydrogens is 238 g/mol. The van der Waals surface area contributed by atoms with Gasteiger partial charge in [-0.2, -0.15) is 13.2 Å². The Morgan fingerprint density at radius 2 is 1.87 bits per heavy atom. The minimum absolute atomic E-state index is 0.141. The minimum Gasteiger partial charge on any atom is -0.366 e. The van der Waals surface area contributed by atoms with Crippen LogP contribution in [-0.2, 0) is 6.18 Å². The van der Waals surface area contributed by atoms with E-state index in [4.69, 9.17) is 17.3 Å². The number of carbonyl (C=O) groups is 1. The highest BCUT2D eigenvalue weighted by Crippen LogP contribution is 2.35. The van der Waals surface area contributed by atoms with Gasteiger partial charge in [0, 0.05) is 0 Å². The molecule has 0 bridgehead atoms. The summed E-state index contributed by atoms with van der Waals surface area (Å²) in [5.74, 6) is -2.53. The van der Waals surface area contributed by atoms with Crippen molar-refractivity contribution in [2.45, 2.75) is 6.18 Å². The summed E-state index contributed by atoms with van der Waals surface area (Å²) in [5, 5.41) is -0.766. The molecule has 0 atom stereocenters. The molecule has 82 valence electrons. The van der Waals surface area contributed by atoms with Crippen molar-refractivity contribution in [3.8, 4) is 0 Å². The molecule has 15 heavy (non-hydrogen) atoms. The van der Waals surface area contributed by atoms with Gasteiger partial charge in [-0.25, -0.2) is 4.39 Å². The number of hydrogen-bond acceptors (Lipinski definition) is 1. The molecule has 2 nitrogen and oxygen atoms in total. The van der Waals surface area contributed by atoms with Crippen molar-refractivity contribution in [2.24, 2.45) is 5.73 Å². The lowest BCUT2D eigenvalue weighted by Gasteiger charge is -2.10. The standard InChI is InChI=1S/C8H4ClF4NO/c9-5-1-3(7(14)15)6(10)2-4(5)8(11,12)13/h1-2H,(H2,14,15). The first-order valence-electron chi connectivity index (χ1n) is 3.59. The Morgan fingerprint density at radius 1 is 1.33 bits per heavy atom. The molecule has 0 fully saturated rings. The lowest BCUT2D eigenvalue weighted by Crippen LogP contribution is -2.15. The van der Waals surface area contributed by atoms with Crippen LogP contribution >= 0.6 is 11.6 Å². The third kappa shape index (κ3) is 2.38. The van der Waals surface area contributed by atoms with Gasteiger partial charge in [-0.3, -0.25) is 4.79 Å². The number of benzene rings is 1. The summed E-state index contributed by atoms with van der Waals surface area (Å²) < 4.78 is 49.5. The summed E-state index contributed by atoms with van der Waals surface area (Å²) in [7, 11) is 0. The highest BCUT2D eigenvalue weighted by molar-refractivity contribution is 6.31. The third-order valence-corrected chi connectivity index (χ3v) is 1.94. The maximum absolute atomic E-state index is 13.0. The van der Waals surface area contributed by atoms with E-state index in [0.717, 1.165) is 0 Å². The second-order valence-corrected chi connectivity index (χ2v) is 3.08. The number of hydrogen-bond donors (Lipinski definition) is 1. The van der Waals surface area contributed by atoms with Crippen LogP contribution in [0.15, 0.2) is 12.1 Å². The Hall–Kier alpha value is -1.30. The van der Waals surface area contributed by atoms with Gasteiger partial charge in [-0.1, -0.05) is 11.6 Å². The summed E-state index contributed by atoms with van der Waals surface area (Å²) in [6, 6.07) is 0.699. The molecule has 0 spiro atoms. The topological polar surface area (TPSA) is 43.1 Å². The fraction of sp³-hybridized carbons (Fsp3) is 0.125. The van der Waals surface area contributed by atoms with Crippen LogP contribution < -0.4 is 5.73 Å². The molecule has 1 rings (SSSR count). The van der Waals surface area contributed by atoms with E-state index in [9.17, 15) is 22.4 Å². The summed E-state index contributed by atoms with van der Waals surface area (Å²) in [6.45, 7) is 0. The van der Waals surface area contributed by atoms with Crippen LogP contribution in [0.4, 0.5) is 17.6 Å². The van der Waals surface area contributed by atoms with Crippen molar-refractivity contribution in [2.75, 3.05) is 0 Å². The summed E-state index contributed by atoms with van der Waals surface area (Å²) in [4.78, 5) is 10.6. The van der Waals surface area contributed by atoms with Gasteiger partial charge in [0.25, 0.3) is 5.91 Å². The molecule has 0 unspecified atom stereocenters. The van der Waals surface area contributed by atoms with Gasteiger partial charge < -0.3 is 5.73 Å². The molecular formula is C8H4ClF4NO. The quantitative estimate of drug-likeness (QED) is 0.755. The van der Waals surface area contributed by atoms with Crippen LogP contribution in [0.2, 0.25) is 5.02 Å². The fourth-order valence-electron chi connectivity index (χ4n) is 0.953. The number of alkyl halides is 3. The van der Waals surface area contributed by atoms with E-state index in [1.807, 2.05) is 0 Å². The van der Waals surface area contributed by atoms with E-state index in [0.29, 0.717) is 6.07 Å².